The quantitative estimate of drug-likeness (QED) is 0.596. The van der Waals surface area contributed by atoms with Crippen LogP contribution in [0.4, 0.5) is 0 Å². The van der Waals surface area contributed by atoms with Gasteiger partial charge in [-0.15, -0.1) is 0 Å². The van der Waals surface area contributed by atoms with E-state index in [2.05, 4.69) is 25.2 Å². The van der Waals surface area contributed by atoms with Crippen molar-refractivity contribution in [2.45, 2.75) is 83.5 Å². The topological polar surface area (TPSA) is 41.5 Å². The Morgan fingerprint density at radius 2 is 1.79 bits per heavy atom. The molecule has 156 valence electrons. The molecule has 0 aromatic carbocycles. The second kappa shape index (κ2) is 6.48. The molecule has 4 aliphatic carbocycles. The van der Waals surface area contributed by atoms with E-state index in [1.807, 2.05) is 0 Å². The molecule has 0 aromatic rings. The zero-order chi connectivity index (χ0) is 19.0. The number of piperidine rings is 1. The highest BCUT2D eigenvalue weighted by Crippen LogP contribution is 2.63. The average Bonchev–Trinajstić information content (AvgIpc) is 3.18. The molecule has 5 fully saturated rings. The van der Waals surface area contributed by atoms with E-state index in [1.165, 1.54) is 44.9 Å². The van der Waals surface area contributed by atoms with E-state index in [0.717, 1.165) is 66.7 Å². The predicted molar refractivity (Wildman–Crippen MR) is 111 cm³/mol. The first-order chi connectivity index (χ1) is 13.6. The average molecular weight is 386 g/mol. The summed E-state index contributed by atoms with van der Waals surface area (Å²) in [5.74, 6) is 8.21. The van der Waals surface area contributed by atoms with Crippen LogP contribution in [0.3, 0.4) is 0 Å². The van der Waals surface area contributed by atoms with Crippen LogP contribution in [-0.4, -0.2) is 23.5 Å². The Bertz CT molecular complexity index is 651. The number of rotatable bonds is 0. The van der Waals surface area contributed by atoms with Crippen molar-refractivity contribution in [2.75, 3.05) is 6.54 Å². The van der Waals surface area contributed by atoms with Crippen LogP contribution in [0.5, 0.6) is 0 Å². The maximum Gasteiger partial charge on any atom is 0.122 e. The first kappa shape index (κ1) is 18.2. The minimum atomic E-state index is -0.00693. The number of aliphatic hydroxyl groups excluding tert-OH is 1. The molecular weight excluding hydrogens is 346 g/mol. The fourth-order valence-corrected chi connectivity index (χ4v) is 9.15. The molecule has 0 aromatic heterocycles. The van der Waals surface area contributed by atoms with Gasteiger partial charge in [0.15, 0.2) is 0 Å². The smallest absolute Gasteiger partial charge is 0.122 e. The van der Waals surface area contributed by atoms with E-state index in [1.54, 1.807) is 0 Å². The number of nitrogens with one attached hydrogen (secondary N) is 1. The van der Waals surface area contributed by atoms with Crippen LogP contribution in [0.1, 0.15) is 71.6 Å². The van der Waals surface area contributed by atoms with Gasteiger partial charge in [-0.25, -0.2) is 0 Å². The molecule has 1 spiro atoms. The monoisotopic (exact) mass is 385 g/mol. The molecule has 0 amide bonds. The van der Waals surface area contributed by atoms with Gasteiger partial charge in [0.2, 0.25) is 0 Å². The Morgan fingerprint density at radius 3 is 2.61 bits per heavy atom. The van der Waals surface area contributed by atoms with Gasteiger partial charge in [0.1, 0.15) is 5.72 Å². The molecule has 28 heavy (non-hydrogen) atoms. The minimum absolute atomic E-state index is 0.00693. The molecule has 6 aliphatic rings. The fraction of sp³-hybridized carbons (Fsp3) is 0.920. The molecule has 11 unspecified atom stereocenters. The van der Waals surface area contributed by atoms with Crippen LogP contribution in [0.15, 0.2) is 11.8 Å². The normalized spacial score (nSPS) is 57.9. The van der Waals surface area contributed by atoms with Gasteiger partial charge in [-0.05, 0) is 105 Å². The molecular formula is C25H39NO2. The summed E-state index contributed by atoms with van der Waals surface area (Å²) >= 11 is 0. The first-order valence-corrected chi connectivity index (χ1v) is 12.4. The number of allylic oxidation sites excluding steroid dienone is 2. The van der Waals surface area contributed by atoms with Crippen LogP contribution in [0.25, 0.3) is 0 Å². The van der Waals surface area contributed by atoms with E-state index >= 15 is 0 Å². The van der Waals surface area contributed by atoms with Gasteiger partial charge >= 0.3 is 0 Å². The van der Waals surface area contributed by atoms with Gasteiger partial charge < -0.3 is 9.84 Å². The van der Waals surface area contributed by atoms with E-state index < -0.39 is 0 Å². The second-order valence-electron chi connectivity index (χ2n) is 11.5. The van der Waals surface area contributed by atoms with Crippen molar-refractivity contribution >= 4 is 0 Å². The summed E-state index contributed by atoms with van der Waals surface area (Å²) in [5, 5.41) is 13.9. The van der Waals surface area contributed by atoms with Gasteiger partial charge in [-0.1, -0.05) is 13.8 Å². The highest BCUT2D eigenvalue weighted by atomic mass is 16.5. The standard InChI is InChI=1S/C25H39NO2/c1-14-9-10-25(26-13-14)15(2)24-21-8-7-19-18-6-4-17(27)11-16(18)3-5-20(19)22(21)12-23(24)28-25/h4,14-16,18-24,26-27H,3,5-13H2,1-2H3. The molecule has 2 saturated heterocycles. The lowest BCUT2D eigenvalue weighted by atomic mass is 9.53. The van der Waals surface area contributed by atoms with Crippen molar-refractivity contribution < 1.29 is 9.84 Å². The van der Waals surface area contributed by atoms with Crippen LogP contribution in [0.2, 0.25) is 0 Å². The predicted octanol–water partition coefficient (Wildman–Crippen LogP) is 5.28. The van der Waals surface area contributed by atoms with E-state index in [-0.39, 0.29) is 5.72 Å². The maximum atomic E-state index is 10.0. The molecule has 2 heterocycles. The first-order valence-electron chi connectivity index (χ1n) is 12.4. The second-order valence-corrected chi connectivity index (χ2v) is 11.5. The summed E-state index contributed by atoms with van der Waals surface area (Å²) in [7, 11) is 0. The SMILES string of the molecule is CC1CCC2(NC1)OC1CC3C4CCC5CC(O)=CCC5C4CCC3C1C2C. The molecule has 3 heteroatoms. The van der Waals surface area contributed by atoms with E-state index in [9.17, 15) is 5.11 Å². The van der Waals surface area contributed by atoms with Crippen LogP contribution < -0.4 is 5.32 Å². The van der Waals surface area contributed by atoms with Crippen molar-refractivity contribution in [3.05, 3.63) is 11.8 Å². The Morgan fingerprint density at radius 1 is 1.00 bits per heavy atom. The van der Waals surface area contributed by atoms with E-state index in [0.29, 0.717) is 17.8 Å². The van der Waals surface area contributed by atoms with Gasteiger partial charge in [0.25, 0.3) is 0 Å². The molecule has 3 saturated carbocycles. The molecule has 2 aliphatic heterocycles. The lowest BCUT2D eigenvalue weighted by molar-refractivity contribution is -0.111. The molecule has 0 bridgehead atoms. The van der Waals surface area contributed by atoms with Crippen molar-refractivity contribution in [3.8, 4) is 0 Å². The van der Waals surface area contributed by atoms with Crippen LogP contribution in [-0.2, 0) is 4.74 Å². The summed E-state index contributed by atoms with van der Waals surface area (Å²) in [5.41, 5.74) is -0.00693. The largest absolute Gasteiger partial charge is 0.513 e. The molecule has 0 radical (unpaired) electrons. The number of hydrogen-bond acceptors (Lipinski definition) is 3. The van der Waals surface area contributed by atoms with E-state index in [4.69, 9.17) is 4.74 Å². The Balaban J connectivity index is 1.21. The van der Waals surface area contributed by atoms with Crippen molar-refractivity contribution in [1.82, 2.24) is 5.32 Å². The van der Waals surface area contributed by atoms with Crippen LogP contribution >= 0.6 is 0 Å². The summed E-state index contributed by atoms with van der Waals surface area (Å²) in [6.07, 6.45) is 14.3. The highest BCUT2D eigenvalue weighted by Gasteiger charge is 2.63. The Labute approximate surface area is 170 Å². The third-order valence-corrected chi connectivity index (χ3v) is 10.5. The zero-order valence-electron chi connectivity index (χ0n) is 17.8. The van der Waals surface area contributed by atoms with Gasteiger partial charge in [-0.2, -0.15) is 0 Å². The molecule has 2 N–H and O–H groups in total. The van der Waals surface area contributed by atoms with Gasteiger partial charge in [-0.3, -0.25) is 5.32 Å². The summed E-state index contributed by atoms with van der Waals surface area (Å²) in [4.78, 5) is 0. The third kappa shape index (κ3) is 2.54. The molecule has 6 rings (SSSR count). The Hall–Kier alpha value is -0.540. The summed E-state index contributed by atoms with van der Waals surface area (Å²) in [6, 6.07) is 0. The van der Waals surface area contributed by atoms with Gasteiger partial charge in [0, 0.05) is 18.9 Å². The maximum absolute atomic E-state index is 10.0. The van der Waals surface area contributed by atoms with Gasteiger partial charge in [0.05, 0.1) is 11.9 Å². The lowest BCUT2D eigenvalue weighted by Gasteiger charge is -2.52. The zero-order valence-corrected chi connectivity index (χ0v) is 17.8. The summed E-state index contributed by atoms with van der Waals surface area (Å²) < 4.78 is 6.91. The number of ether oxygens (including phenoxy) is 1. The third-order valence-electron chi connectivity index (χ3n) is 10.5. The summed E-state index contributed by atoms with van der Waals surface area (Å²) in [6.45, 7) is 6.01. The number of hydrogen-bond donors (Lipinski definition) is 2. The van der Waals surface area contributed by atoms with Crippen molar-refractivity contribution in [1.29, 1.82) is 0 Å². The lowest BCUT2D eigenvalue weighted by Crippen LogP contribution is -2.55. The fourth-order valence-electron chi connectivity index (χ4n) is 9.15. The molecule has 3 nitrogen and oxygen atoms in total. The van der Waals surface area contributed by atoms with Crippen molar-refractivity contribution in [3.63, 3.8) is 0 Å². The number of fused-ring (bicyclic) bond motifs is 7. The Kier molecular flexibility index (Phi) is 4.22. The molecule has 11 atom stereocenters. The van der Waals surface area contributed by atoms with Crippen LogP contribution in [0, 0.1) is 53.3 Å². The minimum Gasteiger partial charge on any atom is -0.513 e. The number of aliphatic hydroxyl groups is 1. The highest BCUT2D eigenvalue weighted by molar-refractivity contribution is 5.12. The van der Waals surface area contributed by atoms with Crippen molar-refractivity contribution in [2.24, 2.45) is 53.3 Å².